The highest BCUT2D eigenvalue weighted by Crippen LogP contribution is 2.15. The van der Waals surface area contributed by atoms with E-state index < -0.39 is 5.60 Å². The molecule has 0 atom stereocenters. The summed E-state index contributed by atoms with van der Waals surface area (Å²) in [7, 11) is 1.68. The Morgan fingerprint density at radius 1 is 1.30 bits per heavy atom. The molecule has 0 bridgehead atoms. The SMILES string of the molecule is CN(Cc1cccc(NC(=O)CCCCl)c1)C(=O)OC(C)(C)C. The number of nitrogens with zero attached hydrogens (tertiary/aromatic N) is 1. The first-order valence-corrected chi connectivity index (χ1v) is 8.13. The number of hydrogen-bond donors (Lipinski definition) is 1. The minimum atomic E-state index is -0.524. The van der Waals surface area contributed by atoms with E-state index in [0.717, 1.165) is 5.56 Å². The minimum Gasteiger partial charge on any atom is -0.444 e. The molecule has 6 heteroatoms. The summed E-state index contributed by atoms with van der Waals surface area (Å²) in [6.07, 6.45) is 0.661. The Bertz CT molecular complexity index is 541. The van der Waals surface area contributed by atoms with Gasteiger partial charge < -0.3 is 15.0 Å². The predicted octanol–water partition coefficient (Wildman–Crippen LogP) is 4.01. The van der Waals surface area contributed by atoms with Crippen LogP contribution in [0.3, 0.4) is 0 Å². The standard InChI is InChI=1S/C17H25ClN2O3/c1-17(2,3)23-16(22)20(4)12-13-7-5-8-14(11-13)19-15(21)9-6-10-18/h5,7-8,11H,6,9-10,12H2,1-4H3,(H,19,21). The molecule has 1 N–H and O–H groups in total. The maximum Gasteiger partial charge on any atom is 0.410 e. The molecule has 1 aromatic carbocycles. The van der Waals surface area contributed by atoms with Gasteiger partial charge in [-0.2, -0.15) is 0 Å². The molecule has 2 amide bonds. The highest BCUT2D eigenvalue weighted by molar-refractivity contribution is 6.18. The maximum atomic E-state index is 12.0. The lowest BCUT2D eigenvalue weighted by Crippen LogP contribution is -2.33. The van der Waals surface area contributed by atoms with Crippen LogP contribution in [0.1, 0.15) is 39.2 Å². The van der Waals surface area contributed by atoms with Gasteiger partial charge in [0.2, 0.25) is 5.91 Å². The van der Waals surface area contributed by atoms with Crippen LogP contribution in [0.5, 0.6) is 0 Å². The number of amides is 2. The summed E-state index contributed by atoms with van der Waals surface area (Å²) in [6.45, 7) is 5.89. The highest BCUT2D eigenvalue weighted by Gasteiger charge is 2.19. The first-order valence-electron chi connectivity index (χ1n) is 7.60. The molecular formula is C17H25ClN2O3. The Labute approximate surface area is 142 Å². The molecule has 0 spiro atoms. The first-order chi connectivity index (χ1) is 10.7. The highest BCUT2D eigenvalue weighted by atomic mass is 35.5. The summed E-state index contributed by atoms with van der Waals surface area (Å²) in [5.41, 5.74) is 1.09. The van der Waals surface area contributed by atoms with Crippen molar-refractivity contribution in [2.75, 3.05) is 18.2 Å². The number of rotatable bonds is 6. The number of carbonyl (C=O) groups excluding carboxylic acids is 2. The van der Waals surface area contributed by atoms with Crippen LogP contribution >= 0.6 is 11.6 Å². The van der Waals surface area contributed by atoms with Gasteiger partial charge in [0.1, 0.15) is 5.60 Å². The van der Waals surface area contributed by atoms with E-state index in [-0.39, 0.29) is 12.0 Å². The molecule has 0 saturated carbocycles. The summed E-state index contributed by atoms with van der Waals surface area (Å²) in [5, 5.41) is 2.83. The zero-order valence-corrected chi connectivity index (χ0v) is 14.9. The Balaban J connectivity index is 2.62. The molecular weight excluding hydrogens is 316 g/mol. The number of hydrogen-bond acceptors (Lipinski definition) is 3. The number of nitrogens with one attached hydrogen (secondary N) is 1. The van der Waals surface area contributed by atoms with E-state index >= 15 is 0 Å². The number of carbonyl (C=O) groups is 2. The lowest BCUT2D eigenvalue weighted by molar-refractivity contribution is -0.116. The Morgan fingerprint density at radius 2 is 2.00 bits per heavy atom. The molecule has 128 valence electrons. The van der Waals surface area contributed by atoms with E-state index in [2.05, 4.69) is 5.32 Å². The third-order valence-corrected chi connectivity index (χ3v) is 3.14. The first kappa shape index (κ1) is 19.3. The van der Waals surface area contributed by atoms with Gasteiger partial charge in [-0.25, -0.2) is 4.79 Å². The average Bonchev–Trinajstić information content (AvgIpc) is 2.43. The third kappa shape index (κ3) is 7.88. The summed E-state index contributed by atoms with van der Waals surface area (Å²) in [5.74, 6) is 0.400. The van der Waals surface area contributed by atoms with Gasteiger partial charge in [-0.3, -0.25) is 4.79 Å². The molecule has 1 rings (SSSR count). The van der Waals surface area contributed by atoms with Gasteiger partial charge in [-0.05, 0) is 44.9 Å². The van der Waals surface area contributed by atoms with Crippen molar-refractivity contribution in [1.82, 2.24) is 4.90 Å². The normalized spacial score (nSPS) is 11.0. The van der Waals surface area contributed by atoms with Crippen LogP contribution in [0.4, 0.5) is 10.5 Å². The lowest BCUT2D eigenvalue weighted by Gasteiger charge is -2.24. The van der Waals surface area contributed by atoms with Gasteiger partial charge in [-0.15, -0.1) is 11.6 Å². The monoisotopic (exact) mass is 340 g/mol. The second-order valence-electron chi connectivity index (χ2n) is 6.38. The van der Waals surface area contributed by atoms with Crippen molar-refractivity contribution in [3.05, 3.63) is 29.8 Å². The number of halogens is 1. The molecule has 0 aliphatic rings. The number of ether oxygens (including phenoxy) is 1. The fraction of sp³-hybridized carbons (Fsp3) is 0.529. The smallest absolute Gasteiger partial charge is 0.410 e. The molecule has 0 aliphatic heterocycles. The largest absolute Gasteiger partial charge is 0.444 e. The van der Waals surface area contributed by atoms with Crippen molar-refractivity contribution in [2.24, 2.45) is 0 Å². The summed E-state index contributed by atoms with van der Waals surface area (Å²) in [6, 6.07) is 7.40. The Kier molecular flexibility index (Phi) is 7.36. The van der Waals surface area contributed by atoms with Gasteiger partial charge in [0, 0.05) is 31.6 Å². The molecule has 0 heterocycles. The summed E-state index contributed by atoms with van der Waals surface area (Å²) >= 11 is 5.58. The molecule has 1 aromatic rings. The summed E-state index contributed by atoms with van der Waals surface area (Å²) in [4.78, 5) is 25.2. The van der Waals surface area contributed by atoms with E-state index in [4.69, 9.17) is 16.3 Å². The van der Waals surface area contributed by atoms with Crippen LogP contribution in [0.15, 0.2) is 24.3 Å². The molecule has 0 aliphatic carbocycles. The van der Waals surface area contributed by atoms with E-state index in [1.807, 2.05) is 45.0 Å². The summed E-state index contributed by atoms with van der Waals surface area (Å²) < 4.78 is 5.32. The third-order valence-electron chi connectivity index (χ3n) is 2.87. The van der Waals surface area contributed by atoms with Gasteiger partial charge in [0.05, 0.1) is 0 Å². The Morgan fingerprint density at radius 3 is 2.61 bits per heavy atom. The number of alkyl halides is 1. The fourth-order valence-electron chi connectivity index (χ4n) is 1.88. The fourth-order valence-corrected chi connectivity index (χ4v) is 2.01. The van der Waals surface area contributed by atoms with Crippen molar-refractivity contribution in [1.29, 1.82) is 0 Å². The zero-order chi connectivity index (χ0) is 17.5. The van der Waals surface area contributed by atoms with Crippen LogP contribution in [-0.4, -0.2) is 35.4 Å². The second kappa shape index (κ2) is 8.77. The van der Waals surface area contributed by atoms with Crippen LogP contribution < -0.4 is 5.32 Å². The number of benzene rings is 1. The average molecular weight is 341 g/mol. The molecule has 5 nitrogen and oxygen atoms in total. The van der Waals surface area contributed by atoms with Crippen molar-refractivity contribution in [3.8, 4) is 0 Å². The van der Waals surface area contributed by atoms with E-state index in [1.165, 1.54) is 4.90 Å². The van der Waals surface area contributed by atoms with Gasteiger partial charge in [-0.1, -0.05) is 12.1 Å². The topological polar surface area (TPSA) is 58.6 Å². The van der Waals surface area contributed by atoms with Crippen molar-refractivity contribution < 1.29 is 14.3 Å². The second-order valence-corrected chi connectivity index (χ2v) is 6.76. The molecule has 0 saturated heterocycles. The lowest BCUT2D eigenvalue weighted by atomic mass is 10.2. The van der Waals surface area contributed by atoms with Crippen LogP contribution in [0, 0.1) is 0 Å². The van der Waals surface area contributed by atoms with E-state index in [1.54, 1.807) is 7.05 Å². The van der Waals surface area contributed by atoms with E-state index in [0.29, 0.717) is 31.0 Å². The van der Waals surface area contributed by atoms with Crippen LogP contribution in [0.2, 0.25) is 0 Å². The van der Waals surface area contributed by atoms with Gasteiger partial charge in [0.15, 0.2) is 0 Å². The number of anilines is 1. The van der Waals surface area contributed by atoms with Crippen molar-refractivity contribution >= 4 is 29.3 Å². The van der Waals surface area contributed by atoms with Crippen molar-refractivity contribution in [2.45, 2.75) is 45.8 Å². The Hall–Kier alpha value is -1.75. The van der Waals surface area contributed by atoms with Crippen molar-refractivity contribution in [3.63, 3.8) is 0 Å². The molecule has 0 unspecified atom stereocenters. The van der Waals surface area contributed by atoms with E-state index in [9.17, 15) is 9.59 Å². The molecule has 0 fully saturated rings. The minimum absolute atomic E-state index is 0.0664. The van der Waals surface area contributed by atoms with Gasteiger partial charge in [0.25, 0.3) is 0 Å². The predicted molar refractivity (Wildman–Crippen MR) is 92.7 cm³/mol. The van der Waals surface area contributed by atoms with Crippen LogP contribution in [0.25, 0.3) is 0 Å². The zero-order valence-electron chi connectivity index (χ0n) is 14.2. The molecule has 0 radical (unpaired) electrons. The molecule has 0 aromatic heterocycles. The van der Waals surface area contributed by atoms with Crippen LogP contribution in [-0.2, 0) is 16.1 Å². The quantitative estimate of drug-likeness (QED) is 0.796. The van der Waals surface area contributed by atoms with Gasteiger partial charge >= 0.3 is 6.09 Å². The maximum absolute atomic E-state index is 12.0. The molecule has 23 heavy (non-hydrogen) atoms.